The number of nitrogens with one attached hydrogen (secondary N) is 1. The molecule has 0 aliphatic heterocycles. The summed E-state index contributed by atoms with van der Waals surface area (Å²) in [4.78, 5) is 0. The van der Waals surface area contributed by atoms with Gasteiger partial charge in [0.2, 0.25) is 0 Å². The van der Waals surface area contributed by atoms with Crippen molar-refractivity contribution in [3.05, 3.63) is 34.6 Å². The molecular weight excluding hydrogens is 261 g/mol. The largest absolute Gasteiger partial charge is 0.310 e. The van der Waals surface area contributed by atoms with E-state index >= 15 is 0 Å². The van der Waals surface area contributed by atoms with Crippen LogP contribution in [-0.4, -0.2) is 6.04 Å². The zero-order valence-electron chi connectivity index (χ0n) is 11.6. The predicted octanol–water partition coefficient (Wildman–Crippen LogP) is 4.93. The van der Waals surface area contributed by atoms with E-state index in [4.69, 9.17) is 11.6 Å². The van der Waals surface area contributed by atoms with E-state index in [1.165, 1.54) is 50.7 Å². The average molecular weight is 284 g/mol. The number of hydrogen-bond donors (Lipinski definition) is 1. The summed E-state index contributed by atoms with van der Waals surface area (Å²) in [6.07, 6.45) is 7.77. The molecule has 1 aromatic carbocycles. The molecule has 2 rings (SSSR count). The first-order chi connectivity index (χ1) is 9.19. The lowest BCUT2D eigenvalue weighted by Gasteiger charge is -2.29. The molecule has 0 aromatic heterocycles. The van der Waals surface area contributed by atoms with Crippen molar-refractivity contribution in [2.45, 2.75) is 58.0 Å². The van der Waals surface area contributed by atoms with Gasteiger partial charge in [-0.05, 0) is 55.4 Å². The lowest BCUT2D eigenvalue weighted by atomic mass is 9.83. The third-order valence-electron chi connectivity index (χ3n) is 4.13. The van der Waals surface area contributed by atoms with Crippen LogP contribution in [-0.2, 0) is 6.54 Å². The molecule has 0 amide bonds. The molecule has 0 heterocycles. The van der Waals surface area contributed by atoms with E-state index in [2.05, 4.69) is 12.2 Å². The first-order valence-corrected chi connectivity index (χ1v) is 7.74. The summed E-state index contributed by atoms with van der Waals surface area (Å²) in [7, 11) is 0. The monoisotopic (exact) mass is 283 g/mol. The van der Waals surface area contributed by atoms with Gasteiger partial charge in [0.25, 0.3) is 0 Å². The Hall–Kier alpha value is -0.600. The molecule has 106 valence electrons. The topological polar surface area (TPSA) is 12.0 Å². The van der Waals surface area contributed by atoms with E-state index in [1.54, 1.807) is 6.07 Å². The molecule has 1 fully saturated rings. The fourth-order valence-electron chi connectivity index (χ4n) is 3.00. The number of benzene rings is 1. The van der Waals surface area contributed by atoms with Gasteiger partial charge in [0.1, 0.15) is 5.82 Å². The third-order valence-corrected chi connectivity index (χ3v) is 4.50. The molecule has 0 unspecified atom stereocenters. The molecule has 0 atom stereocenters. The Morgan fingerprint density at radius 3 is 2.68 bits per heavy atom. The van der Waals surface area contributed by atoms with Gasteiger partial charge in [0, 0.05) is 17.6 Å². The summed E-state index contributed by atoms with van der Waals surface area (Å²) in [6.45, 7) is 2.93. The van der Waals surface area contributed by atoms with Gasteiger partial charge >= 0.3 is 0 Å². The van der Waals surface area contributed by atoms with Gasteiger partial charge in [0.05, 0.1) is 0 Å². The van der Waals surface area contributed by atoms with Gasteiger partial charge in [-0.25, -0.2) is 4.39 Å². The van der Waals surface area contributed by atoms with Crippen LogP contribution in [0.1, 0.15) is 51.0 Å². The van der Waals surface area contributed by atoms with Crippen molar-refractivity contribution in [1.82, 2.24) is 5.32 Å². The smallest absolute Gasteiger partial charge is 0.123 e. The molecule has 1 nitrogen and oxygen atoms in total. The molecule has 3 heteroatoms. The Balaban J connectivity index is 1.79. The van der Waals surface area contributed by atoms with E-state index in [-0.39, 0.29) is 5.82 Å². The molecule has 1 aliphatic carbocycles. The van der Waals surface area contributed by atoms with Crippen LogP contribution in [0.4, 0.5) is 4.39 Å². The predicted molar refractivity (Wildman–Crippen MR) is 78.9 cm³/mol. The SMILES string of the molecule is CCCC1CCC(NCc2cc(F)ccc2Cl)CC1. The Kier molecular flexibility index (Phi) is 5.65. The molecule has 1 aliphatic rings. The Morgan fingerprint density at radius 2 is 2.00 bits per heavy atom. The first kappa shape index (κ1) is 14.8. The highest BCUT2D eigenvalue weighted by Crippen LogP contribution is 2.28. The van der Waals surface area contributed by atoms with Crippen molar-refractivity contribution < 1.29 is 4.39 Å². The van der Waals surface area contributed by atoms with E-state index < -0.39 is 0 Å². The molecule has 1 aromatic rings. The zero-order valence-corrected chi connectivity index (χ0v) is 12.3. The van der Waals surface area contributed by atoms with Crippen LogP contribution in [0.3, 0.4) is 0 Å². The molecule has 0 saturated heterocycles. The van der Waals surface area contributed by atoms with Gasteiger partial charge < -0.3 is 5.32 Å². The summed E-state index contributed by atoms with van der Waals surface area (Å²) in [5, 5.41) is 4.16. The third kappa shape index (κ3) is 4.47. The minimum atomic E-state index is -0.215. The maximum absolute atomic E-state index is 13.2. The summed E-state index contributed by atoms with van der Waals surface area (Å²) in [6, 6.07) is 5.12. The van der Waals surface area contributed by atoms with Crippen LogP contribution in [0.15, 0.2) is 18.2 Å². The van der Waals surface area contributed by atoms with Gasteiger partial charge in [-0.3, -0.25) is 0 Å². The van der Waals surface area contributed by atoms with Gasteiger partial charge in [0.15, 0.2) is 0 Å². The van der Waals surface area contributed by atoms with Crippen molar-refractivity contribution in [3.8, 4) is 0 Å². The lowest BCUT2D eigenvalue weighted by Crippen LogP contribution is -2.32. The van der Waals surface area contributed by atoms with Crippen LogP contribution in [0, 0.1) is 11.7 Å². The van der Waals surface area contributed by atoms with Crippen LogP contribution in [0.5, 0.6) is 0 Å². The zero-order chi connectivity index (χ0) is 13.7. The van der Waals surface area contributed by atoms with Crippen molar-refractivity contribution in [1.29, 1.82) is 0 Å². The van der Waals surface area contributed by atoms with E-state index in [1.807, 2.05) is 0 Å². The van der Waals surface area contributed by atoms with Crippen LogP contribution < -0.4 is 5.32 Å². The quantitative estimate of drug-likeness (QED) is 0.808. The normalized spacial score (nSPS) is 23.5. The van der Waals surface area contributed by atoms with E-state index in [9.17, 15) is 4.39 Å². The van der Waals surface area contributed by atoms with Crippen LogP contribution in [0.25, 0.3) is 0 Å². The molecule has 0 spiro atoms. The fraction of sp³-hybridized carbons (Fsp3) is 0.625. The van der Waals surface area contributed by atoms with Gasteiger partial charge in [-0.1, -0.05) is 31.4 Å². The lowest BCUT2D eigenvalue weighted by molar-refractivity contribution is 0.277. The second kappa shape index (κ2) is 7.25. The summed E-state index contributed by atoms with van der Waals surface area (Å²) < 4.78 is 13.2. The highest BCUT2D eigenvalue weighted by atomic mass is 35.5. The molecule has 1 N–H and O–H groups in total. The number of halogens is 2. The molecular formula is C16H23ClFN. The summed E-state index contributed by atoms with van der Waals surface area (Å²) in [5.41, 5.74) is 0.859. The average Bonchev–Trinajstić information content (AvgIpc) is 2.42. The van der Waals surface area contributed by atoms with E-state index in [0.29, 0.717) is 17.6 Å². The van der Waals surface area contributed by atoms with Crippen molar-refractivity contribution in [2.75, 3.05) is 0 Å². The highest BCUT2D eigenvalue weighted by Gasteiger charge is 2.20. The molecule has 0 bridgehead atoms. The summed E-state index contributed by atoms with van der Waals surface area (Å²) >= 11 is 6.07. The molecule has 0 radical (unpaired) electrons. The Labute approximate surface area is 120 Å². The first-order valence-electron chi connectivity index (χ1n) is 7.36. The summed E-state index contributed by atoms with van der Waals surface area (Å²) in [5.74, 6) is 0.702. The second-order valence-electron chi connectivity index (χ2n) is 5.62. The van der Waals surface area contributed by atoms with Crippen molar-refractivity contribution in [2.24, 2.45) is 5.92 Å². The van der Waals surface area contributed by atoms with Crippen LogP contribution in [0.2, 0.25) is 5.02 Å². The fourth-order valence-corrected chi connectivity index (χ4v) is 3.18. The molecule has 19 heavy (non-hydrogen) atoms. The van der Waals surface area contributed by atoms with Gasteiger partial charge in [-0.2, -0.15) is 0 Å². The van der Waals surface area contributed by atoms with Gasteiger partial charge in [-0.15, -0.1) is 0 Å². The minimum Gasteiger partial charge on any atom is -0.310 e. The van der Waals surface area contributed by atoms with Crippen molar-refractivity contribution in [3.63, 3.8) is 0 Å². The van der Waals surface area contributed by atoms with Crippen molar-refractivity contribution >= 4 is 11.6 Å². The number of hydrogen-bond acceptors (Lipinski definition) is 1. The maximum Gasteiger partial charge on any atom is 0.123 e. The number of rotatable bonds is 5. The Bertz CT molecular complexity index is 400. The maximum atomic E-state index is 13.2. The molecule has 1 saturated carbocycles. The standard InChI is InChI=1S/C16H23ClFN/c1-2-3-12-4-7-15(8-5-12)19-11-13-10-14(18)6-9-16(13)17/h6,9-10,12,15,19H,2-5,7-8,11H2,1H3. The second-order valence-corrected chi connectivity index (χ2v) is 6.03. The van der Waals surface area contributed by atoms with Crippen LogP contribution >= 0.6 is 11.6 Å². The highest BCUT2D eigenvalue weighted by molar-refractivity contribution is 6.31. The van der Waals surface area contributed by atoms with E-state index in [0.717, 1.165) is 11.5 Å². The minimum absolute atomic E-state index is 0.215. The Morgan fingerprint density at radius 1 is 1.26 bits per heavy atom.